The number of aryl methyl sites for hydroxylation is 1. The van der Waals surface area contributed by atoms with Crippen LogP contribution in [0, 0.1) is 6.92 Å². The van der Waals surface area contributed by atoms with Crippen LogP contribution in [0.3, 0.4) is 0 Å². The third-order valence-corrected chi connectivity index (χ3v) is 3.95. The van der Waals surface area contributed by atoms with Crippen molar-refractivity contribution in [2.24, 2.45) is 0 Å². The van der Waals surface area contributed by atoms with Gasteiger partial charge in [0.05, 0.1) is 4.90 Å². The van der Waals surface area contributed by atoms with Crippen molar-refractivity contribution in [1.29, 1.82) is 0 Å². The van der Waals surface area contributed by atoms with Crippen molar-refractivity contribution in [1.82, 2.24) is 9.97 Å². The van der Waals surface area contributed by atoms with Gasteiger partial charge in [0.1, 0.15) is 16.8 Å². The molecule has 20 heavy (non-hydrogen) atoms. The number of hydrogen-bond donors (Lipinski definition) is 1. The van der Waals surface area contributed by atoms with Crippen molar-refractivity contribution >= 4 is 27.3 Å². The van der Waals surface area contributed by atoms with Crippen LogP contribution in [0.15, 0.2) is 35.2 Å². The SMILES string of the molecule is Cc1nc(Cl)cc(NCc2ccc(S(C)(=O)=O)cc2)n1. The Labute approximate surface area is 123 Å². The maximum Gasteiger partial charge on any atom is 0.175 e. The molecule has 0 atom stereocenters. The zero-order chi connectivity index (χ0) is 14.8. The largest absolute Gasteiger partial charge is 0.366 e. The number of halogens is 1. The van der Waals surface area contributed by atoms with Crippen LogP contribution in [0.1, 0.15) is 11.4 Å². The fourth-order valence-electron chi connectivity index (χ4n) is 1.67. The van der Waals surface area contributed by atoms with Crippen molar-refractivity contribution in [3.8, 4) is 0 Å². The van der Waals surface area contributed by atoms with E-state index in [4.69, 9.17) is 11.6 Å². The highest BCUT2D eigenvalue weighted by atomic mass is 35.5. The van der Waals surface area contributed by atoms with E-state index in [0.717, 1.165) is 5.56 Å². The third kappa shape index (κ3) is 3.91. The number of anilines is 1. The van der Waals surface area contributed by atoms with Crippen molar-refractivity contribution in [2.75, 3.05) is 11.6 Å². The molecule has 2 aromatic rings. The fourth-order valence-corrected chi connectivity index (χ4v) is 2.53. The lowest BCUT2D eigenvalue weighted by Gasteiger charge is -2.07. The van der Waals surface area contributed by atoms with Gasteiger partial charge in [-0.3, -0.25) is 0 Å². The van der Waals surface area contributed by atoms with Gasteiger partial charge in [-0.2, -0.15) is 0 Å². The van der Waals surface area contributed by atoms with Crippen molar-refractivity contribution in [3.63, 3.8) is 0 Å². The van der Waals surface area contributed by atoms with Crippen LogP contribution in [0.2, 0.25) is 5.15 Å². The summed E-state index contributed by atoms with van der Waals surface area (Å²) in [7, 11) is -3.16. The summed E-state index contributed by atoms with van der Waals surface area (Å²) in [6.45, 7) is 2.29. The Morgan fingerprint density at radius 3 is 2.40 bits per heavy atom. The molecule has 106 valence electrons. The number of nitrogens with zero attached hydrogens (tertiary/aromatic N) is 2. The summed E-state index contributed by atoms with van der Waals surface area (Å²) in [5.41, 5.74) is 0.949. The molecular weight excluding hydrogens is 298 g/mol. The molecule has 2 rings (SSSR count). The van der Waals surface area contributed by atoms with Gasteiger partial charge in [-0.25, -0.2) is 18.4 Å². The molecular formula is C13H14ClN3O2S. The first-order valence-corrected chi connectivity index (χ1v) is 8.15. The highest BCUT2D eigenvalue weighted by Crippen LogP contribution is 2.14. The molecule has 0 aliphatic carbocycles. The van der Waals surface area contributed by atoms with E-state index in [1.54, 1.807) is 37.3 Å². The van der Waals surface area contributed by atoms with Crippen LogP contribution in [0.5, 0.6) is 0 Å². The lowest BCUT2D eigenvalue weighted by atomic mass is 10.2. The van der Waals surface area contributed by atoms with Gasteiger partial charge < -0.3 is 5.32 Å². The monoisotopic (exact) mass is 311 g/mol. The lowest BCUT2D eigenvalue weighted by Crippen LogP contribution is -2.04. The molecule has 0 saturated carbocycles. The number of hydrogen-bond acceptors (Lipinski definition) is 5. The van der Waals surface area contributed by atoms with Crippen LogP contribution in [0.4, 0.5) is 5.82 Å². The summed E-state index contributed by atoms with van der Waals surface area (Å²) < 4.78 is 22.7. The molecule has 7 heteroatoms. The van der Waals surface area contributed by atoms with E-state index < -0.39 is 9.84 Å². The predicted octanol–water partition coefficient (Wildman–Crippen LogP) is 2.45. The minimum Gasteiger partial charge on any atom is -0.366 e. The number of nitrogens with one attached hydrogen (secondary N) is 1. The van der Waals surface area contributed by atoms with Crippen LogP contribution in [0.25, 0.3) is 0 Å². The Bertz CT molecular complexity index is 695. The maximum atomic E-state index is 11.4. The Kier molecular flexibility index (Phi) is 4.25. The molecule has 0 spiro atoms. The third-order valence-electron chi connectivity index (χ3n) is 2.63. The van der Waals surface area contributed by atoms with Gasteiger partial charge in [-0.1, -0.05) is 23.7 Å². The van der Waals surface area contributed by atoms with Gasteiger partial charge in [-0.05, 0) is 24.6 Å². The molecule has 0 aliphatic heterocycles. The molecule has 0 unspecified atom stereocenters. The molecule has 0 radical (unpaired) electrons. The van der Waals surface area contributed by atoms with E-state index in [-0.39, 0.29) is 0 Å². The molecule has 5 nitrogen and oxygen atoms in total. The number of aromatic nitrogens is 2. The average Bonchev–Trinajstić information content (AvgIpc) is 2.35. The van der Waals surface area contributed by atoms with Gasteiger partial charge in [0, 0.05) is 18.9 Å². The topological polar surface area (TPSA) is 72.0 Å². The van der Waals surface area contributed by atoms with Gasteiger partial charge >= 0.3 is 0 Å². The summed E-state index contributed by atoms with van der Waals surface area (Å²) in [6, 6.07) is 8.34. The van der Waals surface area contributed by atoms with Crippen molar-refractivity contribution in [3.05, 3.63) is 46.9 Å². The summed E-state index contributed by atoms with van der Waals surface area (Å²) in [6.07, 6.45) is 1.19. The molecule has 0 amide bonds. The Morgan fingerprint density at radius 1 is 1.20 bits per heavy atom. The Morgan fingerprint density at radius 2 is 1.85 bits per heavy atom. The zero-order valence-electron chi connectivity index (χ0n) is 11.1. The second-order valence-electron chi connectivity index (χ2n) is 4.39. The summed E-state index contributed by atoms with van der Waals surface area (Å²) in [4.78, 5) is 8.49. The molecule has 0 aliphatic rings. The van der Waals surface area contributed by atoms with E-state index in [9.17, 15) is 8.42 Å². The minimum atomic E-state index is -3.16. The highest BCUT2D eigenvalue weighted by molar-refractivity contribution is 7.90. The van der Waals surface area contributed by atoms with Gasteiger partial charge in [0.2, 0.25) is 0 Å². The van der Waals surface area contributed by atoms with Gasteiger partial charge in [0.15, 0.2) is 9.84 Å². The second-order valence-corrected chi connectivity index (χ2v) is 6.80. The number of sulfone groups is 1. The summed E-state index contributed by atoms with van der Waals surface area (Å²) in [5, 5.41) is 3.50. The average molecular weight is 312 g/mol. The highest BCUT2D eigenvalue weighted by Gasteiger charge is 2.06. The van der Waals surface area contributed by atoms with Crippen LogP contribution < -0.4 is 5.32 Å². The first-order chi connectivity index (χ1) is 9.34. The van der Waals surface area contributed by atoms with Crippen LogP contribution >= 0.6 is 11.6 Å². The van der Waals surface area contributed by atoms with E-state index in [0.29, 0.717) is 28.2 Å². The number of rotatable bonds is 4. The first kappa shape index (κ1) is 14.7. The summed E-state index contributed by atoms with van der Waals surface area (Å²) in [5.74, 6) is 1.22. The van der Waals surface area contributed by atoms with E-state index in [2.05, 4.69) is 15.3 Å². The smallest absolute Gasteiger partial charge is 0.175 e. The Hall–Kier alpha value is -1.66. The molecule has 1 aromatic carbocycles. The molecule has 1 aromatic heterocycles. The van der Waals surface area contributed by atoms with Crippen molar-refractivity contribution in [2.45, 2.75) is 18.4 Å². The van der Waals surface area contributed by atoms with Crippen LogP contribution in [-0.2, 0) is 16.4 Å². The first-order valence-electron chi connectivity index (χ1n) is 5.88. The lowest BCUT2D eigenvalue weighted by molar-refractivity contribution is 0.602. The predicted molar refractivity (Wildman–Crippen MR) is 78.7 cm³/mol. The zero-order valence-corrected chi connectivity index (χ0v) is 12.7. The standard InChI is InChI=1S/C13H14ClN3O2S/c1-9-16-12(14)7-13(17-9)15-8-10-3-5-11(6-4-10)20(2,18)19/h3-7H,8H2,1-2H3,(H,15,16,17). The van der Waals surface area contributed by atoms with Gasteiger partial charge in [-0.15, -0.1) is 0 Å². The molecule has 1 heterocycles. The number of benzene rings is 1. The van der Waals surface area contributed by atoms with Gasteiger partial charge in [0.25, 0.3) is 0 Å². The second kappa shape index (κ2) is 5.76. The fraction of sp³-hybridized carbons (Fsp3) is 0.231. The normalized spacial score (nSPS) is 11.3. The van der Waals surface area contributed by atoms with Crippen molar-refractivity contribution < 1.29 is 8.42 Å². The van der Waals surface area contributed by atoms with E-state index in [1.807, 2.05) is 0 Å². The molecule has 1 N–H and O–H groups in total. The molecule has 0 fully saturated rings. The minimum absolute atomic E-state index is 0.308. The van der Waals surface area contributed by atoms with E-state index >= 15 is 0 Å². The van der Waals surface area contributed by atoms with E-state index in [1.165, 1.54) is 6.26 Å². The summed E-state index contributed by atoms with van der Waals surface area (Å²) >= 11 is 5.85. The quantitative estimate of drug-likeness (QED) is 0.878. The molecule has 0 saturated heterocycles. The Balaban J connectivity index is 2.07. The van der Waals surface area contributed by atoms with Crippen LogP contribution in [-0.4, -0.2) is 24.6 Å². The maximum absolute atomic E-state index is 11.4. The molecule has 0 bridgehead atoms.